The Morgan fingerprint density at radius 3 is 2.29 bits per heavy atom. The normalized spacial score (nSPS) is 16.9. The number of nitrogens with zero attached hydrogens (tertiary/aromatic N) is 4. The fraction of sp³-hybridized carbons (Fsp3) is 0.435. The van der Waals surface area contributed by atoms with Crippen molar-refractivity contribution in [3.8, 4) is 11.3 Å². The van der Waals surface area contributed by atoms with Gasteiger partial charge < -0.3 is 24.2 Å². The number of piperazine rings is 1. The quantitative estimate of drug-likeness (QED) is 0.751. The largest absolute Gasteiger partial charge is 0.450 e. The van der Waals surface area contributed by atoms with Crippen LogP contribution in [-0.4, -0.2) is 85.9 Å². The highest BCUT2D eigenvalue weighted by Crippen LogP contribution is 2.26. The number of pyridine rings is 1. The lowest BCUT2D eigenvalue weighted by atomic mass is 10.1. The molecule has 1 aromatic carbocycles. The Bertz CT molecular complexity index is 907. The highest BCUT2D eigenvalue weighted by molar-refractivity contribution is 5.99. The number of morpholine rings is 1. The number of carbonyl (C=O) groups excluding carboxylic acids is 2. The highest BCUT2D eigenvalue weighted by atomic mass is 16.6. The van der Waals surface area contributed by atoms with Gasteiger partial charge in [-0.2, -0.15) is 0 Å². The summed E-state index contributed by atoms with van der Waals surface area (Å²) in [6, 6.07) is 13.7. The molecule has 164 valence electrons. The first-order chi connectivity index (χ1) is 15.2. The Morgan fingerprint density at radius 1 is 0.935 bits per heavy atom. The van der Waals surface area contributed by atoms with Crippen molar-refractivity contribution >= 4 is 17.8 Å². The second kappa shape index (κ2) is 9.78. The molecular formula is C23H28N4O4. The summed E-state index contributed by atoms with van der Waals surface area (Å²) in [4.78, 5) is 35.8. The maximum absolute atomic E-state index is 13.4. The lowest BCUT2D eigenvalue weighted by molar-refractivity contribution is 0.0570. The van der Waals surface area contributed by atoms with Gasteiger partial charge in [0.1, 0.15) is 5.82 Å². The van der Waals surface area contributed by atoms with E-state index in [9.17, 15) is 9.59 Å². The fourth-order valence-electron chi connectivity index (χ4n) is 3.88. The van der Waals surface area contributed by atoms with Crippen LogP contribution in [0.2, 0.25) is 0 Å². The summed E-state index contributed by atoms with van der Waals surface area (Å²) in [5.74, 6) is 0.639. The predicted molar refractivity (Wildman–Crippen MR) is 117 cm³/mol. The summed E-state index contributed by atoms with van der Waals surface area (Å²) in [5, 5.41) is 0. The minimum Gasteiger partial charge on any atom is -0.450 e. The summed E-state index contributed by atoms with van der Waals surface area (Å²) >= 11 is 0. The minimum absolute atomic E-state index is 0.0582. The number of hydrogen-bond acceptors (Lipinski definition) is 6. The molecule has 2 aliphatic rings. The zero-order valence-electron chi connectivity index (χ0n) is 17.8. The Labute approximate surface area is 182 Å². The molecule has 0 N–H and O–H groups in total. The lowest BCUT2D eigenvalue weighted by Crippen LogP contribution is -2.51. The van der Waals surface area contributed by atoms with Gasteiger partial charge in [-0.3, -0.25) is 4.79 Å². The van der Waals surface area contributed by atoms with Crippen LogP contribution in [0.15, 0.2) is 42.5 Å². The van der Waals surface area contributed by atoms with E-state index in [-0.39, 0.29) is 12.0 Å². The molecule has 8 heteroatoms. The van der Waals surface area contributed by atoms with E-state index < -0.39 is 0 Å². The molecule has 2 fully saturated rings. The van der Waals surface area contributed by atoms with Crippen LogP contribution in [0.5, 0.6) is 0 Å². The fourth-order valence-corrected chi connectivity index (χ4v) is 3.88. The average molecular weight is 425 g/mol. The first kappa shape index (κ1) is 21.1. The Hall–Kier alpha value is -3.13. The monoisotopic (exact) mass is 424 g/mol. The topological polar surface area (TPSA) is 75.2 Å². The Kier molecular flexibility index (Phi) is 6.66. The van der Waals surface area contributed by atoms with Crippen LogP contribution in [-0.2, 0) is 9.47 Å². The molecular weight excluding hydrogens is 396 g/mol. The zero-order valence-corrected chi connectivity index (χ0v) is 17.8. The first-order valence-corrected chi connectivity index (χ1v) is 10.8. The molecule has 0 radical (unpaired) electrons. The molecule has 0 aliphatic carbocycles. The van der Waals surface area contributed by atoms with Crippen molar-refractivity contribution in [2.24, 2.45) is 0 Å². The molecule has 0 unspecified atom stereocenters. The molecule has 2 saturated heterocycles. The van der Waals surface area contributed by atoms with Crippen molar-refractivity contribution < 1.29 is 19.1 Å². The SMILES string of the molecule is CCOC(=O)N1CCN(C(=O)c2ccc(-c3ccccc3)nc2N2CCOCC2)CC1. The smallest absolute Gasteiger partial charge is 0.409 e. The van der Waals surface area contributed by atoms with Gasteiger partial charge in [-0.25, -0.2) is 9.78 Å². The molecule has 31 heavy (non-hydrogen) atoms. The Morgan fingerprint density at radius 2 is 1.61 bits per heavy atom. The van der Waals surface area contributed by atoms with Crippen molar-refractivity contribution in [1.82, 2.24) is 14.8 Å². The third kappa shape index (κ3) is 4.80. The van der Waals surface area contributed by atoms with Crippen molar-refractivity contribution in [3.63, 3.8) is 0 Å². The third-order valence-electron chi connectivity index (χ3n) is 5.58. The van der Waals surface area contributed by atoms with E-state index in [1.807, 2.05) is 42.5 Å². The molecule has 0 bridgehead atoms. The number of benzene rings is 1. The van der Waals surface area contributed by atoms with Crippen LogP contribution in [0.1, 0.15) is 17.3 Å². The third-order valence-corrected chi connectivity index (χ3v) is 5.58. The van der Waals surface area contributed by atoms with Crippen molar-refractivity contribution in [2.75, 3.05) is 64.0 Å². The van der Waals surface area contributed by atoms with Crippen LogP contribution in [0.25, 0.3) is 11.3 Å². The first-order valence-electron chi connectivity index (χ1n) is 10.8. The van der Waals surface area contributed by atoms with Crippen molar-refractivity contribution in [3.05, 3.63) is 48.0 Å². The van der Waals surface area contributed by atoms with E-state index in [4.69, 9.17) is 14.5 Å². The molecule has 3 heterocycles. The number of aromatic nitrogens is 1. The number of ether oxygens (including phenoxy) is 2. The van der Waals surface area contributed by atoms with Gasteiger partial charge >= 0.3 is 6.09 Å². The maximum Gasteiger partial charge on any atom is 0.409 e. The molecule has 0 atom stereocenters. The van der Waals surface area contributed by atoms with Gasteiger partial charge in [0.25, 0.3) is 5.91 Å². The Balaban J connectivity index is 1.57. The lowest BCUT2D eigenvalue weighted by Gasteiger charge is -2.35. The predicted octanol–water partition coefficient (Wildman–Crippen LogP) is 2.50. The molecule has 2 aromatic rings. The summed E-state index contributed by atoms with van der Waals surface area (Å²) in [6.45, 7) is 6.63. The molecule has 8 nitrogen and oxygen atoms in total. The van der Waals surface area contributed by atoms with E-state index in [1.54, 1.807) is 16.7 Å². The standard InChI is InChI=1S/C23H28N4O4/c1-2-31-23(29)27-12-10-26(11-13-27)22(28)19-8-9-20(18-6-4-3-5-7-18)24-21(19)25-14-16-30-17-15-25/h3-9H,2,10-17H2,1H3. The molecule has 2 aliphatic heterocycles. The van der Waals surface area contributed by atoms with Crippen LogP contribution >= 0.6 is 0 Å². The number of hydrogen-bond donors (Lipinski definition) is 0. The van der Waals surface area contributed by atoms with Crippen LogP contribution in [0.4, 0.5) is 10.6 Å². The van der Waals surface area contributed by atoms with Gasteiger partial charge in [0.2, 0.25) is 0 Å². The number of amides is 2. The maximum atomic E-state index is 13.4. The number of anilines is 1. The van der Waals surface area contributed by atoms with Gasteiger partial charge in [-0.15, -0.1) is 0 Å². The summed E-state index contributed by atoms with van der Waals surface area (Å²) in [5.41, 5.74) is 2.44. The zero-order chi connectivity index (χ0) is 21.6. The number of rotatable bonds is 4. The van der Waals surface area contributed by atoms with Gasteiger partial charge in [0.05, 0.1) is 31.1 Å². The van der Waals surface area contributed by atoms with E-state index >= 15 is 0 Å². The van der Waals surface area contributed by atoms with E-state index in [0.717, 1.165) is 11.3 Å². The average Bonchev–Trinajstić information content (AvgIpc) is 2.84. The summed E-state index contributed by atoms with van der Waals surface area (Å²) in [6.07, 6.45) is -0.322. The van der Waals surface area contributed by atoms with Gasteiger partial charge in [0.15, 0.2) is 0 Å². The van der Waals surface area contributed by atoms with Gasteiger partial charge in [-0.05, 0) is 19.1 Å². The van der Waals surface area contributed by atoms with Crippen LogP contribution in [0.3, 0.4) is 0 Å². The second-order valence-corrected chi connectivity index (χ2v) is 7.51. The molecule has 1 aromatic heterocycles. The summed E-state index contributed by atoms with van der Waals surface area (Å²) < 4.78 is 10.6. The molecule has 4 rings (SSSR count). The van der Waals surface area contributed by atoms with E-state index in [1.165, 1.54) is 0 Å². The van der Waals surface area contributed by atoms with E-state index in [0.29, 0.717) is 70.5 Å². The van der Waals surface area contributed by atoms with Gasteiger partial charge in [-0.1, -0.05) is 30.3 Å². The van der Waals surface area contributed by atoms with Crippen LogP contribution < -0.4 is 4.90 Å². The highest BCUT2D eigenvalue weighted by Gasteiger charge is 2.29. The minimum atomic E-state index is -0.322. The second-order valence-electron chi connectivity index (χ2n) is 7.51. The van der Waals surface area contributed by atoms with Crippen molar-refractivity contribution in [2.45, 2.75) is 6.92 Å². The summed E-state index contributed by atoms with van der Waals surface area (Å²) in [7, 11) is 0. The molecule has 2 amide bonds. The van der Waals surface area contributed by atoms with Gasteiger partial charge in [0, 0.05) is 44.8 Å². The molecule has 0 saturated carbocycles. The number of carbonyl (C=O) groups is 2. The van der Waals surface area contributed by atoms with E-state index in [2.05, 4.69) is 4.90 Å². The van der Waals surface area contributed by atoms with Crippen molar-refractivity contribution in [1.29, 1.82) is 0 Å². The van der Waals surface area contributed by atoms with Crippen LogP contribution in [0, 0.1) is 0 Å². The molecule has 0 spiro atoms.